The fraction of sp³-hybridized carbons (Fsp3) is 0.208. The summed E-state index contributed by atoms with van der Waals surface area (Å²) in [5, 5.41) is 6.77. The molecule has 0 saturated carbocycles. The van der Waals surface area contributed by atoms with Gasteiger partial charge in [-0.25, -0.2) is 4.39 Å². The molecule has 0 saturated heterocycles. The molecule has 0 spiro atoms. The molecular formula is C24H22FN5O2. The van der Waals surface area contributed by atoms with E-state index in [1.165, 1.54) is 28.4 Å². The minimum atomic E-state index is -0.526. The monoisotopic (exact) mass is 431 g/mol. The molecule has 8 heteroatoms. The molecule has 32 heavy (non-hydrogen) atoms. The van der Waals surface area contributed by atoms with Gasteiger partial charge in [0.1, 0.15) is 11.4 Å². The van der Waals surface area contributed by atoms with E-state index in [-0.39, 0.29) is 16.8 Å². The summed E-state index contributed by atoms with van der Waals surface area (Å²) in [6.45, 7) is 2.08. The number of halogens is 1. The number of aryl methyl sites for hydroxylation is 1. The van der Waals surface area contributed by atoms with Gasteiger partial charge in [0.25, 0.3) is 11.5 Å². The normalized spacial score (nSPS) is 13.8. The number of aromatic nitrogens is 3. The van der Waals surface area contributed by atoms with Gasteiger partial charge in [-0.1, -0.05) is 42.5 Å². The Morgan fingerprint density at radius 3 is 2.66 bits per heavy atom. The molecule has 1 aliphatic heterocycles. The highest BCUT2D eigenvalue weighted by Crippen LogP contribution is 2.22. The summed E-state index contributed by atoms with van der Waals surface area (Å²) in [7, 11) is 1.84. The molecule has 3 heterocycles. The Bertz CT molecular complexity index is 1380. The van der Waals surface area contributed by atoms with Gasteiger partial charge in [-0.05, 0) is 17.7 Å². The Morgan fingerprint density at radius 2 is 1.88 bits per heavy atom. The van der Waals surface area contributed by atoms with Crippen LogP contribution < -0.4 is 10.9 Å². The fourth-order valence-corrected chi connectivity index (χ4v) is 4.33. The predicted octanol–water partition coefficient (Wildman–Crippen LogP) is 2.98. The van der Waals surface area contributed by atoms with Crippen molar-refractivity contribution in [2.75, 3.05) is 11.9 Å². The molecule has 0 aliphatic carbocycles. The molecule has 7 nitrogen and oxygen atoms in total. The topological polar surface area (TPSA) is 71.6 Å². The molecule has 0 bridgehead atoms. The first-order valence-electron chi connectivity index (χ1n) is 10.4. The molecular weight excluding hydrogens is 409 g/mol. The summed E-state index contributed by atoms with van der Waals surface area (Å²) in [5.74, 6) is -1.04. The number of hydrogen-bond donors (Lipinski definition) is 1. The fourth-order valence-electron chi connectivity index (χ4n) is 4.33. The Kier molecular flexibility index (Phi) is 5.07. The lowest BCUT2D eigenvalue weighted by atomic mass is 10.1. The minimum Gasteiger partial charge on any atom is -0.332 e. The van der Waals surface area contributed by atoms with E-state index in [9.17, 15) is 14.0 Å². The number of fused-ring (bicyclic) bond motifs is 2. The lowest BCUT2D eigenvalue weighted by Gasteiger charge is -2.29. The van der Waals surface area contributed by atoms with Crippen LogP contribution in [0.4, 0.5) is 10.1 Å². The highest BCUT2D eigenvalue weighted by Gasteiger charge is 2.26. The quantitative estimate of drug-likeness (QED) is 0.539. The number of nitrogens with one attached hydrogen (secondary N) is 1. The smallest absolute Gasteiger partial charge is 0.279 e. The van der Waals surface area contributed by atoms with Crippen molar-refractivity contribution in [3.05, 3.63) is 99.3 Å². The SMILES string of the molecule is Cn1c2c(c(=O)n3ncc(C(=O)Nc4ccccc4F)c13)CN(Cc1ccccc1)CC2. The predicted molar refractivity (Wildman–Crippen MR) is 119 cm³/mol. The number of benzene rings is 2. The third kappa shape index (κ3) is 3.48. The van der Waals surface area contributed by atoms with E-state index in [1.54, 1.807) is 12.1 Å². The van der Waals surface area contributed by atoms with Crippen LogP contribution in [-0.4, -0.2) is 31.5 Å². The van der Waals surface area contributed by atoms with E-state index in [2.05, 4.69) is 27.4 Å². The summed E-state index contributed by atoms with van der Waals surface area (Å²) in [6.07, 6.45) is 2.05. The van der Waals surface area contributed by atoms with Gasteiger partial charge in [0, 0.05) is 38.8 Å². The molecule has 2 aromatic carbocycles. The largest absolute Gasteiger partial charge is 0.332 e. The van der Waals surface area contributed by atoms with Crippen molar-refractivity contribution in [1.82, 2.24) is 19.1 Å². The van der Waals surface area contributed by atoms with Gasteiger partial charge in [0.2, 0.25) is 0 Å². The zero-order valence-electron chi connectivity index (χ0n) is 17.6. The first-order valence-corrected chi connectivity index (χ1v) is 10.4. The van der Waals surface area contributed by atoms with Gasteiger partial charge in [-0.15, -0.1) is 0 Å². The third-order valence-electron chi connectivity index (χ3n) is 5.93. The van der Waals surface area contributed by atoms with E-state index < -0.39 is 11.7 Å². The lowest BCUT2D eigenvalue weighted by molar-refractivity contribution is 0.102. The van der Waals surface area contributed by atoms with Crippen molar-refractivity contribution in [3.63, 3.8) is 0 Å². The van der Waals surface area contributed by atoms with Crippen molar-refractivity contribution >= 4 is 17.2 Å². The Hall–Kier alpha value is -3.78. The number of rotatable bonds is 4. The molecule has 0 radical (unpaired) electrons. The van der Waals surface area contributed by atoms with Crippen molar-refractivity contribution in [2.45, 2.75) is 19.5 Å². The second-order valence-corrected chi connectivity index (χ2v) is 7.96. The molecule has 1 amide bonds. The Labute approximate surface area is 183 Å². The maximum Gasteiger partial charge on any atom is 0.279 e. The van der Waals surface area contributed by atoms with Gasteiger partial charge in [-0.2, -0.15) is 9.61 Å². The van der Waals surface area contributed by atoms with E-state index in [0.29, 0.717) is 24.2 Å². The molecule has 5 rings (SSSR count). The zero-order valence-corrected chi connectivity index (χ0v) is 17.6. The van der Waals surface area contributed by atoms with Gasteiger partial charge < -0.3 is 9.88 Å². The first kappa shape index (κ1) is 20.1. The number of anilines is 1. The van der Waals surface area contributed by atoms with E-state index in [1.807, 2.05) is 29.8 Å². The lowest BCUT2D eigenvalue weighted by Crippen LogP contribution is -2.38. The third-order valence-corrected chi connectivity index (χ3v) is 5.93. The van der Waals surface area contributed by atoms with E-state index >= 15 is 0 Å². The highest BCUT2D eigenvalue weighted by molar-refractivity contribution is 6.08. The van der Waals surface area contributed by atoms with Crippen LogP contribution in [0, 0.1) is 5.82 Å². The molecule has 162 valence electrons. The van der Waals surface area contributed by atoms with Crippen LogP contribution in [0.5, 0.6) is 0 Å². The van der Waals surface area contributed by atoms with E-state index in [0.717, 1.165) is 18.8 Å². The van der Waals surface area contributed by atoms with Crippen molar-refractivity contribution < 1.29 is 9.18 Å². The molecule has 0 unspecified atom stereocenters. The Morgan fingerprint density at radius 1 is 1.12 bits per heavy atom. The molecule has 1 N–H and O–H groups in total. The average molecular weight is 431 g/mol. The van der Waals surface area contributed by atoms with Crippen LogP contribution in [0.1, 0.15) is 27.2 Å². The number of amides is 1. The number of hydrogen-bond acceptors (Lipinski definition) is 4. The summed E-state index contributed by atoms with van der Waals surface area (Å²) in [6, 6.07) is 16.1. The average Bonchev–Trinajstić information content (AvgIpc) is 3.26. The van der Waals surface area contributed by atoms with Crippen molar-refractivity contribution in [2.24, 2.45) is 7.05 Å². The summed E-state index contributed by atoms with van der Waals surface area (Å²) < 4.78 is 17.1. The summed E-state index contributed by atoms with van der Waals surface area (Å²) in [5.41, 5.74) is 3.26. The van der Waals surface area contributed by atoms with Crippen LogP contribution in [-0.2, 0) is 26.6 Å². The zero-order chi connectivity index (χ0) is 22.2. The van der Waals surface area contributed by atoms with E-state index in [4.69, 9.17) is 0 Å². The van der Waals surface area contributed by atoms with Crippen LogP contribution >= 0.6 is 0 Å². The summed E-state index contributed by atoms with van der Waals surface area (Å²) >= 11 is 0. The van der Waals surface area contributed by atoms with Crippen molar-refractivity contribution in [3.8, 4) is 0 Å². The number of para-hydroxylation sites is 1. The van der Waals surface area contributed by atoms with Gasteiger partial charge in [0.05, 0.1) is 17.4 Å². The number of carbonyl (C=O) groups is 1. The maximum absolute atomic E-state index is 14.0. The van der Waals surface area contributed by atoms with Crippen LogP contribution in [0.25, 0.3) is 5.65 Å². The summed E-state index contributed by atoms with van der Waals surface area (Å²) in [4.78, 5) is 28.4. The maximum atomic E-state index is 14.0. The first-order chi connectivity index (χ1) is 15.5. The molecule has 2 aromatic heterocycles. The van der Waals surface area contributed by atoms with Crippen molar-refractivity contribution in [1.29, 1.82) is 0 Å². The van der Waals surface area contributed by atoms with Crippen LogP contribution in [0.2, 0.25) is 0 Å². The number of carbonyl (C=O) groups excluding carboxylic acids is 1. The Balaban J connectivity index is 1.49. The molecule has 1 aliphatic rings. The molecule has 0 atom stereocenters. The second kappa shape index (κ2) is 8.05. The van der Waals surface area contributed by atoms with Crippen LogP contribution in [0.3, 0.4) is 0 Å². The minimum absolute atomic E-state index is 0.0800. The second-order valence-electron chi connectivity index (χ2n) is 7.96. The van der Waals surface area contributed by atoms with Gasteiger partial charge in [-0.3, -0.25) is 14.5 Å². The number of nitrogens with zero attached hydrogens (tertiary/aromatic N) is 4. The highest BCUT2D eigenvalue weighted by atomic mass is 19.1. The molecule has 0 fully saturated rings. The van der Waals surface area contributed by atoms with Crippen LogP contribution in [0.15, 0.2) is 65.6 Å². The van der Waals surface area contributed by atoms with Gasteiger partial charge >= 0.3 is 0 Å². The molecule has 4 aromatic rings. The standard InChI is InChI=1S/C24H22FN5O2/c1-28-21-11-12-29(14-16-7-3-2-4-8-16)15-18(21)24(32)30-23(28)17(13-26-30)22(31)27-20-10-6-5-9-19(20)25/h2-10,13H,11-12,14-15H2,1H3,(H,27,31). The van der Waals surface area contributed by atoms with Gasteiger partial charge in [0.15, 0.2) is 5.65 Å².